The Kier molecular flexibility index (Phi) is 5.02. The van der Waals surface area contributed by atoms with E-state index < -0.39 is 11.0 Å². The summed E-state index contributed by atoms with van der Waals surface area (Å²) in [6, 6.07) is 6.37. The average Bonchev–Trinajstić information content (AvgIpc) is 2.35. The average molecular weight is 284 g/mol. The van der Waals surface area contributed by atoms with Gasteiger partial charge in [-0.2, -0.15) is 0 Å². The largest absolute Gasteiger partial charge is 0.392 e. The van der Waals surface area contributed by atoms with Crippen molar-refractivity contribution in [3.63, 3.8) is 0 Å². The molecule has 0 aliphatic carbocycles. The molecule has 6 nitrogen and oxygen atoms in total. The summed E-state index contributed by atoms with van der Waals surface area (Å²) >= 11 is 0. The van der Waals surface area contributed by atoms with Crippen LogP contribution in [0.1, 0.15) is 6.92 Å². The number of nitrogens with one attached hydrogen (secondary N) is 1. The molecular formula is C12H14ClN3O3. The fourth-order valence-corrected chi connectivity index (χ4v) is 1.72. The Labute approximate surface area is 116 Å². The van der Waals surface area contributed by atoms with E-state index in [1.807, 2.05) is 0 Å². The smallest absolute Gasteiger partial charge is 0.278 e. The minimum absolute atomic E-state index is 0. The summed E-state index contributed by atoms with van der Waals surface area (Å²) in [6.45, 7) is 2.03. The predicted molar refractivity (Wildman–Crippen MR) is 75.8 cm³/mol. The molecule has 0 amide bonds. The van der Waals surface area contributed by atoms with E-state index in [4.69, 9.17) is 0 Å². The van der Waals surface area contributed by atoms with Crippen molar-refractivity contribution in [2.75, 3.05) is 11.9 Å². The third-order valence-electron chi connectivity index (χ3n) is 2.53. The van der Waals surface area contributed by atoms with Crippen molar-refractivity contribution in [1.29, 1.82) is 0 Å². The summed E-state index contributed by atoms with van der Waals surface area (Å²) < 4.78 is 0. The van der Waals surface area contributed by atoms with Gasteiger partial charge in [0.2, 0.25) is 0 Å². The van der Waals surface area contributed by atoms with Crippen molar-refractivity contribution in [2.45, 2.75) is 13.0 Å². The number of nitro benzene ring substituents is 1. The van der Waals surface area contributed by atoms with Gasteiger partial charge in [0.05, 0.1) is 22.1 Å². The lowest BCUT2D eigenvalue weighted by Gasteiger charge is -2.10. The number of anilines is 1. The Morgan fingerprint density at radius 3 is 2.84 bits per heavy atom. The molecule has 2 rings (SSSR count). The van der Waals surface area contributed by atoms with Gasteiger partial charge < -0.3 is 10.4 Å². The molecule has 7 heteroatoms. The third-order valence-corrected chi connectivity index (χ3v) is 2.53. The van der Waals surface area contributed by atoms with E-state index in [0.29, 0.717) is 23.1 Å². The Bertz CT molecular complexity index is 589. The molecule has 102 valence electrons. The molecule has 0 spiro atoms. The van der Waals surface area contributed by atoms with Crippen molar-refractivity contribution in [2.24, 2.45) is 0 Å². The van der Waals surface area contributed by atoms with Crippen LogP contribution in [0.25, 0.3) is 10.9 Å². The lowest BCUT2D eigenvalue weighted by Crippen LogP contribution is -2.15. The molecule has 1 aromatic carbocycles. The van der Waals surface area contributed by atoms with Crippen LogP contribution in [0.2, 0.25) is 0 Å². The van der Waals surface area contributed by atoms with Crippen LogP contribution in [0.4, 0.5) is 11.4 Å². The molecule has 1 heterocycles. The van der Waals surface area contributed by atoms with Crippen LogP contribution in [0.5, 0.6) is 0 Å². The molecule has 0 fully saturated rings. The van der Waals surface area contributed by atoms with E-state index in [1.54, 1.807) is 31.3 Å². The van der Waals surface area contributed by atoms with Crippen LogP contribution >= 0.6 is 12.4 Å². The van der Waals surface area contributed by atoms with Crippen molar-refractivity contribution >= 4 is 34.7 Å². The molecule has 0 aliphatic heterocycles. The van der Waals surface area contributed by atoms with Crippen molar-refractivity contribution in [1.82, 2.24) is 4.98 Å². The van der Waals surface area contributed by atoms with E-state index >= 15 is 0 Å². The fraction of sp³-hybridized carbons (Fsp3) is 0.250. The van der Waals surface area contributed by atoms with Gasteiger partial charge in [0.15, 0.2) is 0 Å². The first-order chi connectivity index (χ1) is 8.59. The van der Waals surface area contributed by atoms with Crippen LogP contribution < -0.4 is 5.32 Å². The summed E-state index contributed by atoms with van der Waals surface area (Å²) in [6.07, 6.45) is 1.08. The van der Waals surface area contributed by atoms with Gasteiger partial charge in [0.1, 0.15) is 5.52 Å². The summed E-state index contributed by atoms with van der Waals surface area (Å²) in [5.41, 5.74) is 1.24. The number of fused-ring (bicyclic) bond motifs is 1. The molecular weight excluding hydrogens is 270 g/mol. The lowest BCUT2D eigenvalue weighted by molar-refractivity contribution is -0.383. The number of nitro groups is 1. The Morgan fingerprint density at radius 1 is 1.47 bits per heavy atom. The van der Waals surface area contributed by atoms with Crippen LogP contribution in [0, 0.1) is 10.1 Å². The van der Waals surface area contributed by atoms with E-state index in [9.17, 15) is 15.2 Å². The number of pyridine rings is 1. The number of benzene rings is 1. The second-order valence-electron chi connectivity index (χ2n) is 4.02. The lowest BCUT2D eigenvalue weighted by atomic mass is 10.1. The number of aliphatic hydroxyl groups is 1. The number of nitrogens with zero attached hydrogens (tertiary/aromatic N) is 2. The van der Waals surface area contributed by atoms with Gasteiger partial charge in [-0.05, 0) is 25.1 Å². The van der Waals surface area contributed by atoms with Crippen LogP contribution in [0.15, 0.2) is 30.5 Å². The Balaban J connectivity index is 0.00000180. The fourth-order valence-electron chi connectivity index (χ4n) is 1.72. The maximum Gasteiger partial charge on any atom is 0.278 e. The summed E-state index contributed by atoms with van der Waals surface area (Å²) in [5, 5.41) is 23.6. The van der Waals surface area contributed by atoms with E-state index in [0.717, 1.165) is 0 Å². The van der Waals surface area contributed by atoms with Crippen LogP contribution in [-0.4, -0.2) is 27.7 Å². The summed E-state index contributed by atoms with van der Waals surface area (Å²) in [5.74, 6) is 0. The molecule has 1 unspecified atom stereocenters. The molecule has 0 saturated heterocycles. The number of halogens is 1. The standard InChI is InChI=1S/C12H13N3O3.ClH/c1-8(16)7-14-10-4-5-11(15(17)18)9-3-2-6-13-12(9)10;/h2-6,8,14,16H,7H2,1H3;1H. The van der Waals surface area contributed by atoms with E-state index in [-0.39, 0.29) is 18.1 Å². The number of aliphatic hydroxyl groups excluding tert-OH is 1. The minimum atomic E-state index is -0.501. The normalized spacial score (nSPS) is 11.7. The van der Waals surface area contributed by atoms with Gasteiger partial charge in [-0.3, -0.25) is 15.1 Å². The quantitative estimate of drug-likeness (QED) is 0.664. The van der Waals surface area contributed by atoms with Crippen molar-refractivity contribution in [3.8, 4) is 0 Å². The Morgan fingerprint density at radius 2 is 2.21 bits per heavy atom. The topological polar surface area (TPSA) is 88.3 Å². The van der Waals surface area contributed by atoms with Crippen LogP contribution in [0.3, 0.4) is 0 Å². The maximum absolute atomic E-state index is 10.9. The van der Waals surface area contributed by atoms with Gasteiger partial charge in [0, 0.05) is 18.8 Å². The molecule has 0 radical (unpaired) electrons. The highest BCUT2D eigenvalue weighted by Gasteiger charge is 2.14. The summed E-state index contributed by atoms with van der Waals surface area (Å²) in [7, 11) is 0. The zero-order chi connectivity index (χ0) is 13.1. The molecule has 2 aromatic rings. The van der Waals surface area contributed by atoms with E-state index in [2.05, 4.69) is 10.3 Å². The van der Waals surface area contributed by atoms with E-state index in [1.165, 1.54) is 6.07 Å². The van der Waals surface area contributed by atoms with Gasteiger partial charge in [0.25, 0.3) is 5.69 Å². The molecule has 19 heavy (non-hydrogen) atoms. The maximum atomic E-state index is 10.9. The molecule has 2 N–H and O–H groups in total. The number of aromatic nitrogens is 1. The number of hydrogen-bond acceptors (Lipinski definition) is 5. The SMILES string of the molecule is CC(O)CNc1ccc([N+](=O)[O-])c2cccnc12.Cl. The van der Waals surface area contributed by atoms with Gasteiger partial charge in [-0.25, -0.2) is 0 Å². The second-order valence-corrected chi connectivity index (χ2v) is 4.02. The van der Waals surface area contributed by atoms with Gasteiger partial charge in [-0.1, -0.05) is 0 Å². The monoisotopic (exact) mass is 283 g/mol. The molecule has 0 aliphatic rings. The van der Waals surface area contributed by atoms with Crippen molar-refractivity contribution in [3.05, 3.63) is 40.6 Å². The number of hydrogen-bond donors (Lipinski definition) is 2. The predicted octanol–water partition coefficient (Wildman–Crippen LogP) is 2.36. The van der Waals surface area contributed by atoms with Crippen molar-refractivity contribution < 1.29 is 10.0 Å². The first kappa shape index (κ1) is 15.1. The molecule has 0 bridgehead atoms. The first-order valence-corrected chi connectivity index (χ1v) is 5.53. The number of non-ortho nitro benzene ring substituents is 1. The number of rotatable bonds is 4. The zero-order valence-electron chi connectivity index (χ0n) is 10.2. The third kappa shape index (κ3) is 3.30. The highest BCUT2D eigenvalue weighted by atomic mass is 35.5. The van der Waals surface area contributed by atoms with Gasteiger partial charge >= 0.3 is 0 Å². The highest BCUT2D eigenvalue weighted by Crippen LogP contribution is 2.29. The first-order valence-electron chi connectivity index (χ1n) is 5.53. The molecule has 1 aromatic heterocycles. The molecule has 0 saturated carbocycles. The summed E-state index contributed by atoms with van der Waals surface area (Å²) in [4.78, 5) is 14.6. The van der Waals surface area contributed by atoms with Gasteiger partial charge in [-0.15, -0.1) is 12.4 Å². The zero-order valence-corrected chi connectivity index (χ0v) is 11.1. The Hall–Kier alpha value is -1.92. The molecule has 1 atom stereocenters. The minimum Gasteiger partial charge on any atom is -0.392 e. The van der Waals surface area contributed by atoms with Crippen LogP contribution in [-0.2, 0) is 0 Å². The highest BCUT2D eigenvalue weighted by molar-refractivity contribution is 5.96. The second kappa shape index (κ2) is 6.31.